The van der Waals surface area contributed by atoms with Gasteiger partial charge in [-0.25, -0.2) is 9.59 Å². The van der Waals surface area contributed by atoms with Gasteiger partial charge in [-0.2, -0.15) is 0 Å². The molecule has 7 heteroatoms. The molecule has 0 aromatic heterocycles. The van der Waals surface area contributed by atoms with Gasteiger partial charge >= 0.3 is 12.0 Å². The molecular weight excluding hydrogens is 276 g/mol. The average Bonchev–Trinajstić information content (AvgIpc) is 2.44. The van der Waals surface area contributed by atoms with Crippen molar-refractivity contribution in [1.29, 1.82) is 0 Å². The van der Waals surface area contributed by atoms with Crippen LogP contribution >= 0.6 is 0 Å². The monoisotopic (exact) mass is 296 g/mol. The molecule has 1 rings (SSSR count). The number of carbonyl (C=O) groups excluding carboxylic acids is 1. The molecule has 7 nitrogen and oxygen atoms in total. The Balaban J connectivity index is 2.53. The Labute approximate surface area is 123 Å². The molecule has 1 atom stereocenters. The predicted molar refractivity (Wildman–Crippen MR) is 77.6 cm³/mol. The maximum Gasteiger partial charge on any atom is 0.341 e. The van der Waals surface area contributed by atoms with Crippen LogP contribution in [0.25, 0.3) is 0 Å². The highest BCUT2D eigenvalue weighted by atomic mass is 16.5. The highest BCUT2D eigenvalue weighted by Gasteiger charge is 2.09. The third kappa shape index (κ3) is 6.62. The number of aliphatic carboxylic acids is 1. The molecule has 3 N–H and O–H groups in total. The van der Waals surface area contributed by atoms with Crippen molar-refractivity contribution in [2.24, 2.45) is 5.92 Å². The van der Waals surface area contributed by atoms with Gasteiger partial charge < -0.3 is 25.2 Å². The van der Waals surface area contributed by atoms with E-state index in [0.717, 1.165) is 0 Å². The molecule has 0 heterocycles. The quantitative estimate of drug-likeness (QED) is 0.676. The van der Waals surface area contributed by atoms with E-state index < -0.39 is 12.6 Å². The Kier molecular flexibility index (Phi) is 7.03. The maximum atomic E-state index is 11.8. The second kappa shape index (κ2) is 8.80. The zero-order valence-electron chi connectivity index (χ0n) is 12.1. The summed E-state index contributed by atoms with van der Waals surface area (Å²) in [5.41, 5.74) is 0.413. The molecule has 2 amide bonds. The van der Waals surface area contributed by atoms with Crippen molar-refractivity contribution < 1.29 is 24.2 Å². The summed E-state index contributed by atoms with van der Waals surface area (Å²) in [6, 6.07) is 6.25. The van der Waals surface area contributed by atoms with Crippen LogP contribution in [0.15, 0.2) is 24.3 Å². The van der Waals surface area contributed by atoms with Gasteiger partial charge in [0.05, 0.1) is 12.3 Å². The van der Waals surface area contributed by atoms with E-state index >= 15 is 0 Å². The first-order chi connectivity index (χ1) is 10.0. The van der Waals surface area contributed by atoms with Crippen LogP contribution in [0.4, 0.5) is 10.5 Å². The number of carboxylic acid groups (broad SMARTS) is 1. The number of hydrogen-bond donors (Lipinski definition) is 3. The van der Waals surface area contributed by atoms with Gasteiger partial charge in [0.1, 0.15) is 5.75 Å². The number of methoxy groups -OCH3 is 1. The molecule has 0 saturated carbocycles. The summed E-state index contributed by atoms with van der Waals surface area (Å²) in [4.78, 5) is 22.3. The third-order valence-corrected chi connectivity index (χ3v) is 2.55. The predicted octanol–water partition coefficient (Wildman–Crippen LogP) is 1.55. The van der Waals surface area contributed by atoms with Crippen LogP contribution in [0.3, 0.4) is 0 Å². The molecule has 0 spiro atoms. The second-order valence-electron chi connectivity index (χ2n) is 4.57. The van der Waals surface area contributed by atoms with E-state index in [1.54, 1.807) is 31.4 Å². The molecule has 0 aliphatic rings. The van der Waals surface area contributed by atoms with Crippen LogP contribution in [-0.4, -0.2) is 44.0 Å². The number of nitrogens with one attached hydrogen (secondary N) is 2. The lowest BCUT2D eigenvalue weighted by Crippen LogP contribution is -2.33. The minimum absolute atomic E-state index is 0.194. The highest BCUT2D eigenvalue weighted by molar-refractivity contribution is 5.90. The van der Waals surface area contributed by atoms with E-state index in [4.69, 9.17) is 14.6 Å². The van der Waals surface area contributed by atoms with Gasteiger partial charge in [-0.3, -0.25) is 0 Å². The number of carbonyl (C=O) groups is 2. The first-order valence-corrected chi connectivity index (χ1v) is 6.50. The van der Waals surface area contributed by atoms with Crippen molar-refractivity contribution in [2.75, 3.05) is 32.2 Å². The molecule has 116 valence electrons. The van der Waals surface area contributed by atoms with Gasteiger partial charge in [0.15, 0.2) is 6.61 Å². The van der Waals surface area contributed by atoms with E-state index in [1.807, 2.05) is 6.92 Å². The van der Waals surface area contributed by atoms with Crippen LogP contribution in [0.1, 0.15) is 6.92 Å². The Bertz CT molecular complexity index is 478. The lowest BCUT2D eigenvalue weighted by Gasteiger charge is -2.14. The number of anilines is 1. The van der Waals surface area contributed by atoms with Crippen LogP contribution < -0.4 is 15.4 Å². The minimum atomic E-state index is -1.08. The number of ether oxygens (including phenoxy) is 2. The largest absolute Gasteiger partial charge is 0.480 e. The summed E-state index contributed by atoms with van der Waals surface area (Å²) < 4.78 is 10.1. The van der Waals surface area contributed by atoms with Crippen LogP contribution in [0.5, 0.6) is 5.75 Å². The number of hydrogen-bond acceptors (Lipinski definition) is 4. The number of rotatable bonds is 8. The zero-order valence-corrected chi connectivity index (χ0v) is 12.1. The van der Waals surface area contributed by atoms with Gasteiger partial charge in [-0.05, 0) is 18.1 Å². The summed E-state index contributed by atoms with van der Waals surface area (Å²) >= 11 is 0. The van der Waals surface area contributed by atoms with Crippen LogP contribution in [-0.2, 0) is 9.53 Å². The molecule has 0 fully saturated rings. The lowest BCUT2D eigenvalue weighted by atomic mass is 10.2. The van der Waals surface area contributed by atoms with E-state index in [-0.39, 0.29) is 11.9 Å². The number of benzene rings is 1. The van der Waals surface area contributed by atoms with Gasteiger partial charge in [0.25, 0.3) is 0 Å². The Morgan fingerprint density at radius 2 is 2.05 bits per heavy atom. The SMILES string of the molecule is COCC(C)CNC(=O)Nc1ccccc1OCC(=O)O. The Morgan fingerprint density at radius 1 is 1.33 bits per heavy atom. The van der Waals surface area contributed by atoms with Crippen LogP contribution in [0, 0.1) is 5.92 Å². The van der Waals surface area contributed by atoms with Crippen molar-refractivity contribution in [1.82, 2.24) is 5.32 Å². The summed E-state index contributed by atoms with van der Waals surface area (Å²) in [6.07, 6.45) is 0. The fourth-order valence-corrected chi connectivity index (χ4v) is 1.61. The van der Waals surface area contributed by atoms with Crippen molar-refractivity contribution in [3.8, 4) is 5.75 Å². The molecular formula is C14H20N2O5. The molecule has 0 aliphatic carbocycles. The fraction of sp³-hybridized carbons (Fsp3) is 0.429. The normalized spacial score (nSPS) is 11.5. The Morgan fingerprint density at radius 3 is 2.71 bits per heavy atom. The van der Waals surface area contributed by atoms with Gasteiger partial charge in [-0.1, -0.05) is 19.1 Å². The summed E-state index contributed by atoms with van der Waals surface area (Å²) in [6.45, 7) is 2.51. The second-order valence-corrected chi connectivity index (χ2v) is 4.57. The van der Waals surface area contributed by atoms with Crippen molar-refractivity contribution >= 4 is 17.7 Å². The topological polar surface area (TPSA) is 96.9 Å². The first kappa shape index (κ1) is 16.8. The van der Waals surface area contributed by atoms with Gasteiger partial charge in [0.2, 0.25) is 0 Å². The molecule has 0 bridgehead atoms. The molecule has 1 aromatic carbocycles. The van der Waals surface area contributed by atoms with Gasteiger partial charge in [0, 0.05) is 13.7 Å². The molecule has 0 radical (unpaired) electrons. The zero-order chi connectivity index (χ0) is 15.7. The smallest absolute Gasteiger partial charge is 0.341 e. The average molecular weight is 296 g/mol. The van der Waals surface area contributed by atoms with Gasteiger partial charge in [-0.15, -0.1) is 0 Å². The molecule has 0 aliphatic heterocycles. The third-order valence-electron chi connectivity index (χ3n) is 2.55. The van der Waals surface area contributed by atoms with E-state index in [0.29, 0.717) is 24.6 Å². The van der Waals surface area contributed by atoms with Crippen LogP contribution in [0.2, 0.25) is 0 Å². The Hall–Kier alpha value is -2.28. The number of urea groups is 1. The van der Waals surface area contributed by atoms with Crippen molar-refractivity contribution in [3.63, 3.8) is 0 Å². The molecule has 1 unspecified atom stereocenters. The standard InChI is InChI=1S/C14H20N2O5/c1-10(8-20-2)7-15-14(19)16-11-5-3-4-6-12(11)21-9-13(17)18/h3-6,10H,7-9H2,1-2H3,(H,17,18)(H2,15,16,19). The number of carboxylic acids is 1. The van der Waals surface area contributed by atoms with E-state index in [9.17, 15) is 9.59 Å². The van der Waals surface area contributed by atoms with Crippen molar-refractivity contribution in [3.05, 3.63) is 24.3 Å². The summed E-state index contributed by atoms with van der Waals surface area (Å²) in [7, 11) is 1.60. The molecule has 1 aromatic rings. The molecule has 21 heavy (non-hydrogen) atoms. The first-order valence-electron chi connectivity index (χ1n) is 6.50. The molecule has 0 saturated heterocycles. The maximum absolute atomic E-state index is 11.8. The summed E-state index contributed by atoms with van der Waals surface area (Å²) in [5, 5.41) is 13.9. The lowest BCUT2D eigenvalue weighted by molar-refractivity contribution is -0.139. The number of amides is 2. The van der Waals surface area contributed by atoms with E-state index in [2.05, 4.69) is 10.6 Å². The van der Waals surface area contributed by atoms with Crippen molar-refractivity contribution in [2.45, 2.75) is 6.92 Å². The minimum Gasteiger partial charge on any atom is -0.480 e. The van der Waals surface area contributed by atoms with E-state index in [1.165, 1.54) is 0 Å². The number of para-hydroxylation sites is 2. The fourth-order valence-electron chi connectivity index (χ4n) is 1.61. The highest BCUT2D eigenvalue weighted by Crippen LogP contribution is 2.23. The summed E-state index contributed by atoms with van der Waals surface area (Å²) in [5.74, 6) is -0.582.